The molecule has 0 saturated carbocycles. The summed E-state index contributed by atoms with van der Waals surface area (Å²) in [5.41, 5.74) is 1.63. The Bertz CT molecular complexity index is 1030. The first-order chi connectivity index (χ1) is 13.9. The molecule has 2 N–H and O–H groups in total. The second-order valence-corrected chi connectivity index (χ2v) is 6.84. The number of hydrogen-bond acceptors (Lipinski definition) is 5. The van der Waals surface area contributed by atoms with E-state index in [0.29, 0.717) is 27.6 Å². The number of halogens is 2. The van der Waals surface area contributed by atoms with E-state index in [0.717, 1.165) is 0 Å². The molecule has 2 aromatic carbocycles. The minimum atomic E-state index is -0.514. The minimum Gasteiger partial charge on any atom is -0.497 e. The number of amides is 1. The van der Waals surface area contributed by atoms with Gasteiger partial charge in [0.1, 0.15) is 17.3 Å². The Hall–Kier alpha value is -3.03. The van der Waals surface area contributed by atoms with E-state index in [4.69, 9.17) is 16.3 Å². The molecule has 0 aliphatic heterocycles. The summed E-state index contributed by atoms with van der Waals surface area (Å²) < 4.78 is 19.1. The predicted octanol–water partition coefficient (Wildman–Crippen LogP) is 3.72. The lowest BCUT2D eigenvalue weighted by atomic mass is 10.1. The Morgan fingerprint density at radius 2 is 1.90 bits per heavy atom. The molecule has 8 heteroatoms. The van der Waals surface area contributed by atoms with Crippen LogP contribution in [0.2, 0.25) is 5.02 Å². The molecule has 1 amide bonds. The predicted molar refractivity (Wildman–Crippen MR) is 108 cm³/mol. The van der Waals surface area contributed by atoms with Crippen LogP contribution in [0.3, 0.4) is 0 Å². The number of carbonyl (C=O) groups is 1. The smallest absolute Gasteiger partial charge is 0.270 e. The van der Waals surface area contributed by atoms with Crippen molar-refractivity contribution in [2.75, 3.05) is 13.7 Å². The highest BCUT2D eigenvalue weighted by Gasteiger charge is 2.17. The average Bonchev–Trinajstić information content (AvgIpc) is 2.73. The van der Waals surface area contributed by atoms with Gasteiger partial charge in [-0.15, -0.1) is 0 Å². The fourth-order valence-corrected chi connectivity index (χ4v) is 2.74. The Kier molecular flexibility index (Phi) is 6.41. The molecule has 29 heavy (non-hydrogen) atoms. The average molecular weight is 416 g/mol. The number of benzene rings is 2. The first-order valence-corrected chi connectivity index (χ1v) is 9.19. The highest BCUT2D eigenvalue weighted by molar-refractivity contribution is 6.30. The van der Waals surface area contributed by atoms with Gasteiger partial charge in [0.2, 0.25) is 0 Å². The van der Waals surface area contributed by atoms with Gasteiger partial charge < -0.3 is 15.2 Å². The van der Waals surface area contributed by atoms with Crippen LogP contribution in [0, 0.1) is 5.82 Å². The van der Waals surface area contributed by atoms with E-state index in [1.165, 1.54) is 25.3 Å². The highest BCUT2D eigenvalue weighted by atomic mass is 35.5. The van der Waals surface area contributed by atoms with E-state index in [9.17, 15) is 14.3 Å². The van der Waals surface area contributed by atoms with Crippen LogP contribution in [0.25, 0.3) is 22.6 Å². The molecule has 0 radical (unpaired) electrons. The number of aromatic nitrogens is 2. The molecule has 0 unspecified atom stereocenters. The van der Waals surface area contributed by atoms with E-state index >= 15 is 0 Å². The molecule has 0 fully saturated rings. The Balaban J connectivity index is 2.13. The van der Waals surface area contributed by atoms with Crippen molar-refractivity contribution >= 4 is 17.5 Å². The van der Waals surface area contributed by atoms with Gasteiger partial charge in [0.05, 0.1) is 19.4 Å². The van der Waals surface area contributed by atoms with Crippen LogP contribution in [-0.2, 0) is 0 Å². The Morgan fingerprint density at radius 1 is 1.17 bits per heavy atom. The quantitative estimate of drug-likeness (QED) is 0.641. The van der Waals surface area contributed by atoms with Crippen LogP contribution < -0.4 is 10.1 Å². The summed E-state index contributed by atoms with van der Waals surface area (Å²) in [4.78, 5) is 21.4. The minimum absolute atomic E-state index is 0.0866. The third-order valence-electron chi connectivity index (χ3n) is 4.12. The monoisotopic (exact) mass is 415 g/mol. The van der Waals surface area contributed by atoms with Crippen molar-refractivity contribution in [2.45, 2.75) is 13.0 Å². The van der Waals surface area contributed by atoms with Crippen molar-refractivity contribution in [1.29, 1.82) is 0 Å². The SMILES string of the molecule is COc1cc(F)cc(-c2nc(C(=O)N[C@@H](C)CO)cc(-c3ccc(Cl)cc3)n2)c1. The Morgan fingerprint density at radius 3 is 2.55 bits per heavy atom. The Labute approximate surface area is 172 Å². The maximum absolute atomic E-state index is 14.0. The van der Waals surface area contributed by atoms with Crippen LogP contribution in [0.15, 0.2) is 48.5 Å². The summed E-state index contributed by atoms with van der Waals surface area (Å²) in [5.74, 6) is -0.522. The van der Waals surface area contributed by atoms with Crippen molar-refractivity contribution in [2.24, 2.45) is 0 Å². The molecule has 150 valence electrons. The van der Waals surface area contributed by atoms with E-state index in [1.54, 1.807) is 37.3 Å². The van der Waals surface area contributed by atoms with Gasteiger partial charge in [-0.05, 0) is 37.3 Å². The van der Waals surface area contributed by atoms with Crippen LogP contribution in [0.5, 0.6) is 5.75 Å². The topological polar surface area (TPSA) is 84.3 Å². The summed E-state index contributed by atoms with van der Waals surface area (Å²) in [7, 11) is 1.43. The normalized spacial score (nSPS) is 11.8. The third kappa shape index (κ3) is 5.07. The van der Waals surface area contributed by atoms with Gasteiger partial charge in [0, 0.05) is 28.3 Å². The second kappa shape index (κ2) is 8.98. The van der Waals surface area contributed by atoms with Crippen LogP contribution in [0.1, 0.15) is 17.4 Å². The lowest BCUT2D eigenvalue weighted by molar-refractivity contribution is 0.0917. The molecular weight excluding hydrogens is 397 g/mol. The first-order valence-electron chi connectivity index (χ1n) is 8.81. The van der Waals surface area contributed by atoms with Crippen LogP contribution >= 0.6 is 11.6 Å². The number of ether oxygens (including phenoxy) is 1. The number of carbonyl (C=O) groups excluding carboxylic acids is 1. The number of methoxy groups -OCH3 is 1. The van der Waals surface area contributed by atoms with Gasteiger partial charge in [-0.2, -0.15) is 0 Å². The fraction of sp³-hybridized carbons (Fsp3) is 0.190. The highest BCUT2D eigenvalue weighted by Crippen LogP contribution is 2.27. The molecule has 1 atom stereocenters. The number of aliphatic hydroxyl groups excluding tert-OH is 1. The van der Waals surface area contributed by atoms with Gasteiger partial charge in [-0.25, -0.2) is 14.4 Å². The van der Waals surface area contributed by atoms with Crippen molar-refractivity contribution in [1.82, 2.24) is 15.3 Å². The zero-order valence-corrected chi connectivity index (χ0v) is 16.6. The standard InChI is InChI=1S/C21H19ClFN3O3/c1-12(11-27)24-21(28)19-10-18(13-3-5-15(22)6-4-13)25-20(26-19)14-7-16(23)9-17(8-14)29-2/h3-10,12,27H,11H2,1-2H3,(H,24,28)/t12-/m0/s1. The number of hydrogen-bond donors (Lipinski definition) is 2. The molecule has 0 bridgehead atoms. The van der Waals surface area contributed by atoms with Crippen LogP contribution in [-0.4, -0.2) is 40.7 Å². The zero-order chi connectivity index (χ0) is 21.0. The second-order valence-electron chi connectivity index (χ2n) is 6.41. The molecule has 0 spiro atoms. The zero-order valence-electron chi connectivity index (χ0n) is 15.8. The van der Waals surface area contributed by atoms with E-state index in [1.807, 2.05) is 0 Å². The van der Waals surface area contributed by atoms with Gasteiger partial charge in [0.25, 0.3) is 5.91 Å². The van der Waals surface area contributed by atoms with Crippen molar-refractivity contribution in [3.05, 3.63) is 65.1 Å². The van der Waals surface area contributed by atoms with Gasteiger partial charge in [-0.1, -0.05) is 23.7 Å². The third-order valence-corrected chi connectivity index (χ3v) is 4.37. The summed E-state index contributed by atoms with van der Waals surface area (Å²) in [5, 5.41) is 12.4. The lowest BCUT2D eigenvalue weighted by Gasteiger charge is -2.13. The molecule has 6 nitrogen and oxygen atoms in total. The van der Waals surface area contributed by atoms with Crippen molar-refractivity contribution < 1.29 is 19.0 Å². The molecule has 0 aliphatic rings. The van der Waals surface area contributed by atoms with E-state index in [2.05, 4.69) is 15.3 Å². The fourth-order valence-electron chi connectivity index (χ4n) is 2.61. The largest absolute Gasteiger partial charge is 0.497 e. The van der Waals surface area contributed by atoms with Gasteiger partial charge in [-0.3, -0.25) is 4.79 Å². The molecule has 1 heterocycles. The van der Waals surface area contributed by atoms with E-state index in [-0.39, 0.29) is 18.1 Å². The molecule has 0 saturated heterocycles. The summed E-state index contributed by atoms with van der Waals surface area (Å²) >= 11 is 5.96. The van der Waals surface area contributed by atoms with Crippen LogP contribution in [0.4, 0.5) is 4.39 Å². The summed E-state index contributed by atoms with van der Waals surface area (Å²) in [6.45, 7) is 1.45. The molecule has 3 rings (SSSR count). The summed E-state index contributed by atoms with van der Waals surface area (Å²) in [6.07, 6.45) is 0. The number of nitrogens with zero attached hydrogens (tertiary/aromatic N) is 2. The molecule has 0 aliphatic carbocycles. The number of rotatable bonds is 6. The number of aliphatic hydroxyl groups is 1. The first kappa shape index (κ1) is 20.7. The summed E-state index contributed by atoms with van der Waals surface area (Å²) in [6, 6.07) is 12.1. The van der Waals surface area contributed by atoms with Crippen molar-refractivity contribution in [3.8, 4) is 28.4 Å². The lowest BCUT2D eigenvalue weighted by Crippen LogP contribution is -2.35. The maximum Gasteiger partial charge on any atom is 0.270 e. The molecule has 1 aromatic heterocycles. The molecular formula is C21H19ClFN3O3. The van der Waals surface area contributed by atoms with Gasteiger partial charge in [0.15, 0.2) is 5.82 Å². The van der Waals surface area contributed by atoms with Crippen molar-refractivity contribution in [3.63, 3.8) is 0 Å². The number of nitrogens with one attached hydrogen (secondary N) is 1. The van der Waals surface area contributed by atoms with E-state index < -0.39 is 17.8 Å². The van der Waals surface area contributed by atoms with Gasteiger partial charge >= 0.3 is 0 Å². The maximum atomic E-state index is 14.0. The molecule has 3 aromatic rings.